The van der Waals surface area contributed by atoms with Gasteiger partial charge in [-0.15, -0.1) is 0 Å². The lowest BCUT2D eigenvalue weighted by molar-refractivity contribution is 0.0302. The molecule has 3 rings (SSSR count). The van der Waals surface area contributed by atoms with Crippen molar-refractivity contribution in [3.63, 3.8) is 0 Å². The molecule has 3 heterocycles. The third kappa shape index (κ3) is 2.49. The van der Waals surface area contributed by atoms with Gasteiger partial charge in [0.05, 0.1) is 12.2 Å². The maximum atomic E-state index is 5.85. The lowest BCUT2D eigenvalue weighted by atomic mass is 10.2. The molecule has 1 aromatic rings. The van der Waals surface area contributed by atoms with Gasteiger partial charge in [0.15, 0.2) is 0 Å². The van der Waals surface area contributed by atoms with Crippen molar-refractivity contribution in [2.45, 2.75) is 38.5 Å². The molecule has 4 nitrogen and oxygen atoms in total. The maximum Gasteiger partial charge on any atom is 0.128 e. The van der Waals surface area contributed by atoms with Gasteiger partial charge in [-0.25, -0.2) is 4.98 Å². The molecule has 1 aromatic heterocycles. The fraction of sp³-hybridized carbons (Fsp3) is 0.643. The van der Waals surface area contributed by atoms with Crippen molar-refractivity contribution in [3.05, 3.63) is 23.9 Å². The quantitative estimate of drug-likeness (QED) is 0.876. The van der Waals surface area contributed by atoms with E-state index < -0.39 is 0 Å². The second-order valence-electron chi connectivity index (χ2n) is 5.17. The molecule has 18 heavy (non-hydrogen) atoms. The number of pyridine rings is 1. The number of rotatable bonds is 4. The van der Waals surface area contributed by atoms with E-state index in [2.05, 4.69) is 34.3 Å². The van der Waals surface area contributed by atoms with E-state index in [1.807, 2.05) is 6.20 Å². The van der Waals surface area contributed by atoms with E-state index in [4.69, 9.17) is 4.74 Å². The molecular weight excluding hydrogens is 226 g/mol. The van der Waals surface area contributed by atoms with Crippen molar-refractivity contribution in [2.75, 3.05) is 24.5 Å². The Morgan fingerprint density at radius 3 is 2.72 bits per heavy atom. The van der Waals surface area contributed by atoms with Gasteiger partial charge in [-0.1, -0.05) is 13.0 Å². The highest BCUT2D eigenvalue weighted by Gasteiger charge is 2.34. The predicted molar refractivity (Wildman–Crippen MR) is 71.7 cm³/mol. The number of hydrogen-bond donors (Lipinski definition) is 1. The number of fused-ring (bicyclic) bond motifs is 2. The Balaban J connectivity index is 1.65. The minimum atomic E-state index is 0.423. The molecular formula is C14H21N3O. The molecule has 2 atom stereocenters. The average Bonchev–Trinajstić information content (AvgIpc) is 2.76. The first kappa shape index (κ1) is 11.9. The number of ether oxygens (including phenoxy) is 1. The van der Waals surface area contributed by atoms with Crippen molar-refractivity contribution in [1.29, 1.82) is 0 Å². The summed E-state index contributed by atoms with van der Waals surface area (Å²) in [6, 6.07) is 4.31. The van der Waals surface area contributed by atoms with Gasteiger partial charge in [-0.3, -0.25) is 0 Å². The summed E-state index contributed by atoms with van der Waals surface area (Å²) >= 11 is 0. The third-order valence-corrected chi connectivity index (χ3v) is 3.76. The summed E-state index contributed by atoms with van der Waals surface area (Å²) < 4.78 is 5.85. The van der Waals surface area contributed by atoms with Crippen LogP contribution in [0.2, 0.25) is 0 Å². The van der Waals surface area contributed by atoms with E-state index in [0.717, 1.165) is 32.0 Å². The number of anilines is 1. The van der Waals surface area contributed by atoms with E-state index in [-0.39, 0.29) is 0 Å². The van der Waals surface area contributed by atoms with E-state index >= 15 is 0 Å². The molecule has 98 valence electrons. The van der Waals surface area contributed by atoms with Crippen molar-refractivity contribution < 1.29 is 4.74 Å². The van der Waals surface area contributed by atoms with Gasteiger partial charge in [0.1, 0.15) is 5.82 Å². The topological polar surface area (TPSA) is 37.4 Å². The number of aromatic nitrogens is 1. The highest BCUT2D eigenvalue weighted by atomic mass is 16.5. The van der Waals surface area contributed by atoms with Crippen molar-refractivity contribution in [1.82, 2.24) is 10.3 Å². The molecule has 4 heteroatoms. The molecule has 0 radical (unpaired) electrons. The number of morpholine rings is 1. The average molecular weight is 247 g/mol. The molecule has 0 spiro atoms. The Morgan fingerprint density at radius 1 is 1.33 bits per heavy atom. The summed E-state index contributed by atoms with van der Waals surface area (Å²) in [6.45, 7) is 6.00. The summed E-state index contributed by atoms with van der Waals surface area (Å²) in [7, 11) is 0. The molecule has 1 N–H and O–H groups in total. The van der Waals surface area contributed by atoms with Crippen LogP contribution in [0, 0.1) is 0 Å². The highest BCUT2D eigenvalue weighted by Crippen LogP contribution is 2.28. The summed E-state index contributed by atoms with van der Waals surface area (Å²) in [4.78, 5) is 6.95. The molecule has 2 aliphatic heterocycles. The SMILES string of the molecule is CCNCc1ccc(N2CC3CCC(C2)O3)nc1. The zero-order valence-corrected chi connectivity index (χ0v) is 10.9. The minimum absolute atomic E-state index is 0.423. The van der Waals surface area contributed by atoms with E-state index in [9.17, 15) is 0 Å². The molecule has 2 saturated heterocycles. The van der Waals surface area contributed by atoms with Crippen LogP contribution in [0.15, 0.2) is 18.3 Å². The van der Waals surface area contributed by atoms with Crippen LogP contribution >= 0.6 is 0 Å². The van der Waals surface area contributed by atoms with Crippen LogP contribution in [0.3, 0.4) is 0 Å². The van der Waals surface area contributed by atoms with Crippen molar-refractivity contribution in [2.24, 2.45) is 0 Å². The Labute approximate surface area is 108 Å². The molecule has 0 aliphatic carbocycles. The Bertz CT molecular complexity index is 381. The normalized spacial score (nSPS) is 26.6. The number of nitrogens with one attached hydrogen (secondary N) is 1. The standard InChI is InChI=1S/C14H21N3O/c1-2-15-7-11-3-6-14(16-8-11)17-9-12-4-5-13(10-17)18-12/h3,6,8,12-13,15H,2,4-5,7,9-10H2,1H3. The molecule has 2 bridgehead atoms. The molecule has 0 saturated carbocycles. The van der Waals surface area contributed by atoms with Crippen molar-refractivity contribution in [3.8, 4) is 0 Å². The van der Waals surface area contributed by atoms with Crippen LogP contribution in [0.1, 0.15) is 25.3 Å². The fourth-order valence-electron chi connectivity index (χ4n) is 2.78. The van der Waals surface area contributed by atoms with E-state index in [1.165, 1.54) is 18.4 Å². The minimum Gasteiger partial charge on any atom is -0.371 e. The smallest absolute Gasteiger partial charge is 0.128 e. The number of nitrogens with zero attached hydrogens (tertiary/aromatic N) is 2. The van der Waals surface area contributed by atoms with Crippen LogP contribution < -0.4 is 10.2 Å². The van der Waals surface area contributed by atoms with Crippen molar-refractivity contribution >= 4 is 5.82 Å². The lowest BCUT2D eigenvalue weighted by Gasteiger charge is -2.33. The van der Waals surface area contributed by atoms with E-state index in [1.54, 1.807) is 0 Å². The first-order valence-electron chi connectivity index (χ1n) is 6.91. The molecule has 2 fully saturated rings. The second-order valence-corrected chi connectivity index (χ2v) is 5.17. The predicted octanol–water partition coefficient (Wildman–Crippen LogP) is 1.56. The first-order chi connectivity index (χ1) is 8.85. The lowest BCUT2D eigenvalue weighted by Crippen LogP contribution is -2.43. The molecule has 2 aliphatic rings. The Morgan fingerprint density at radius 2 is 2.11 bits per heavy atom. The van der Waals surface area contributed by atoms with Gasteiger partial charge >= 0.3 is 0 Å². The summed E-state index contributed by atoms with van der Waals surface area (Å²) in [5.41, 5.74) is 1.25. The zero-order valence-electron chi connectivity index (χ0n) is 10.9. The van der Waals surface area contributed by atoms with Gasteiger partial charge in [0.25, 0.3) is 0 Å². The number of hydrogen-bond acceptors (Lipinski definition) is 4. The van der Waals surface area contributed by atoms with Gasteiger partial charge < -0.3 is 15.0 Å². The highest BCUT2D eigenvalue weighted by molar-refractivity contribution is 5.40. The second kappa shape index (κ2) is 5.24. The van der Waals surface area contributed by atoms with Crippen LogP contribution in [0.25, 0.3) is 0 Å². The van der Waals surface area contributed by atoms with Crippen LogP contribution in [0.4, 0.5) is 5.82 Å². The zero-order chi connectivity index (χ0) is 12.4. The third-order valence-electron chi connectivity index (χ3n) is 3.76. The molecule has 0 amide bonds. The molecule has 0 aromatic carbocycles. The van der Waals surface area contributed by atoms with Gasteiger partial charge in [0, 0.05) is 25.8 Å². The maximum absolute atomic E-state index is 5.85. The summed E-state index contributed by atoms with van der Waals surface area (Å²) in [5, 5.41) is 3.31. The first-order valence-corrected chi connectivity index (χ1v) is 6.91. The van der Waals surface area contributed by atoms with Crippen LogP contribution in [0.5, 0.6) is 0 Å². The van der Waals surface area contributed by atoms with Gasteiger partial charge in [-0.2, -0.15) is 0 Å². The largest absolute Gasteiger partial charge is 0.371 e. The monoisotopic (exact) mass is 247 g/mol. The molecule has 2 unspecified atom stereocenters. The summed E-state index contributed by atoms with van der Waals surface area (Å²) in [6.07, 6.45) is 5.24. The Hall–Kier alpha value is -1.13. The Kier molecular flexibility index (Phi) is 3.48. The summed E-state index contributed by atoms with van der Waals surface area (Å²) in [5.74, 6) is 1.09. The van der Waals surface area contributed by atoms with Gasteiger partial charge in [0.2, 0.25) is 0 Å². The van der Waals surface area contributed by atoms with E-state index in [0.29, 0.717) is 12.2 Å². The fourth-order valence-corrected chi connectivity index (χ4v) is 2.78. The van der Waals surface area contributed by atoms with Crippen LogP contribution in [-0.2, 0) is 11.3 Å². The van der Waals surface area contributed by atoms with Gasteiger partial charge in [-0.05, 0) is 31.0 Å². The van der Waals surface area contributed by atoms with Crippen LogP contribution in [-0.4, -0.2) is 36.8 Å².